The van der Waals surface area contributed by atoms with Gasteiger partial charge in [-0.15, -0.1) is 0 Å². The zero-order chi connectivity index (χ0) is 15.6. The quantitative estimate of drug-likeness (QED) is 0.893. The molecule has 6 heteroatoms. The fourth-order valence-corrected chi connectivity index (χ4v) is 3.09. The minimum absolute atomic E-state index is 0.278. The number of carbonyl (C=O) groups is 1. The molecule has 5 nitrogen and oxygen atoms in total. The lowest BCUT2D eigenvalue weighted by atomic mass is 9.73. The number of aryl methyl sites for hydroxylation is 1. The third-order valence-corrected chi connectivity index (χ3v) is 4.71. The monoisotopic (exact) mass is 312 g/mol. The number of aromatic nitrogens is 1. The van der Waals surface area contributed by atoms with E-state index in [2.05, 4.69) is 4.98 Å². The molecule has 0 saturated carbocycles. The average molecular weight is 313 g/mol. The van der Waals surface area contributed by atoms with Crippen LogP contribution in [0.1, 0.15) is 31.9 Å². The summed E-state index contributed by atoms with van der Waals surface area (Å²) in [6, 6.07) is 3.58. The standard InChI is InChI=1S/C15H21ClN2O3/c1-3-6-15(14(20)21)7-8-18(9-12(15)19)13-5-4-11(16)10(2)17-13/h4-5,12,19H,3,6-9H2,1-2H3,(H,20,21)/t12-,15+/m1/s1. The molecule has 1 aliphatic rings. The van der Waals surface area contributed by atoms with Crippen LogP contribution in [-0.4, -0.2) is 40.4 Å². The SMILES string of the molecule is CCC[C@]1(C(=O)O)CCN(c2ccc(Cl)c(C)n2)C[C@H]1O. The Labute approximate surface area is 129 Å². The van der Waals surface area contributed by atoms with E-state index in [4.69, 9.17) is 11.6 Å². The highest BCUT2D eigenvalue weighted by atomic mass is 35.5. The summed E-state index contributed by atoms with van der Waals surface area (Å²) in [7, 11) is 0. The molecule has 1 saturated heterocycles. The molecule has 116 valence electrons. The van der Waals surface area contributed by atoms with E-state index in [1.807, 2.05) is 18.7 Å². The Morgan fingerprint density at radius 2 is 2.29 bits per heavy atom. The summed E-state index contributed by atoms with van der Waals surface area (Å²) < 4.78 is 0. The lowest BCUT2D eigenvalue weighted by Crippen LogP contribution is -2.55. The number of pyridine rings is 1. The van der Waals surface area contributed by atoms with Crippen LogP contribution in [0.4, 0.5) is 5.82 Å². The minimum Gasteiger partial charge on any atom is -0.481 e. The van der Waals surface area contributed by atoms with Gasteiger partial charge in [0.25, 0.3) is 0 Å². The number of halogens is 1. The van der Waals surface area contributed by atoms with Crippen molar-refractivity contribution in [3.8, 4) is 0 Å². The Hall–Kier alpha value is -1.33. The van der Waals surface area contributed by atoms with E-state index < -0.39 is 17.5 Å². The van der Waals surface area contributed by atoms with Gasteiger partial charge >= 0.3 is 5.97 Å². The highest BCUT2D eigenvalue weighted by molar-refractivity contribution is 6.31. The largest absolute Gasteiger partial charge is 0.481 e. The number of anilines is 1. The van der Waals surface area contributed by atoms with Crippen LogP contribution in [0.25, 0.3) is 0 Å². The first kappa shape index (κ1) is 16.0. The smallest absolute Gasteiger partial charge is 0.312 e. The second-order valence-electron chi connectivity index (χ2n) is 5.66. The molecule has 1 fully saturated rings. The van der Waals surface area contributed by atoms with E-state index in [9.17, 15) is 15.0 Å². The van der Waals surface area contributed by atoms with Crippen LogP contribution in [-0.2, 0) is 4.79 Å². The van der Waals surface area contributed by atoms with Crippen LogP contribution in [0.2, 0.25) is 5.02 Å². The number of rotatable bonds is 4. The molecule has 0 aliphatic carbocycles. The third-order valence-electron chi connectivity index (χ3n) is 4.31. The number of β-amino-alcohol motifs (C(OH)–C–C–N with tert-alkyl or cyclic N) is 1. The van der Waals surface area contributed by atoms with E-state index in [0.717, 1.165) is 17.9 Å². The van der Waals surface area contributed by atoms with Gasteiger partial charge in [0.15, 0.2) is 0 Å². The molecule has 2 atom stereocenters. The summed E-state index contributed by atoms with van der Waals surface area (Å²) >= 11 is 5.97. The molecule has 0 radical (unpaired) electrons. The van der Waals surface area contributed by atoms with Crippen LogP contribution in [0, 0.1) is 12.3 Å². The topological polar surface area (TPSA) is 73.7 Å². The number of carboxylic acids is 1. The maximum absolute atomic E-state index is 11.6. The van der Waals surface area contributed by atoms with Gasteiger partial charge in [0, 0.05) is 13.1 Å². The molecule has 2 rings (SSSR count). The van der Waals surface area contributed by atoms with Gasteiger partial charge in [-0.2, -0.15) is 0 Å². The molecule has 0 spiro atoms. The van der Waals surface area contributed by atoms with Crippen molar-refractivity contribution in [2.75, 3.05) is 18.0 Å². The lowest BCUT2D eigenvalue weighted by Gasteiger charge is -2.43. The fourth-order valence-electron chi connectivity index (χ4n) is 2.98. The van der Waals surface area contributed by atoms with Crippen LogP contribution in [0.15, 0.2) is 12.1 Å². The Bertz CT molecular complexity index is 538. The summed E-state index contributed by atoms with van der Waals surface area (Å²) in [4.78, 5) is 17.9. The summed E-state index contributed by atoms with van der Waals surface area (Å²) in [5.74, 6) is -0.178. The van der Waals surface area contributed by atoms with Crippen LogP contribution in [0.5, 0.6) is 0 Å². The van der Waals surface area contributed by atoms with E-state index >= 15 is 0 Å². The summed E-state index contributed by atoms with van der Waals surface area (Å²) in [5, 5.41) is 20.5. The molecule has 21 heavy (non-hydrogen) atoms. The first-order chi connectivity index (χ1) is 9.90. The Balaban J connectivity index is 2.19. The number of hydrogen-bond donors (Lipinski definition) is 2. The highest BCUT2D eigenvalue weighted by Crippen LogP contribution is 2.38. The Morgan fingerprint density at radius 3 is 2.81 bits per heavy atom. The number of nitrogens with zero attached hydrogens (tertiary/aromatic N) is 2. The van der Waals surface area contributed by atoms with E-state index in [1.54, 1.807) is 12.1 Å². The van der Waals surface area contributed by atoms with Crippen molar-refractivity contribution >= 4 is 23.4 Å². The third kappa shape index (κ3) is 2.99. The average Bonchev–Trinajstić information content (AvgIpc) is 2.44. The number of hydrogen-bond acceptors (Lipinski definition) is 4. The highest BCUT2D eigenvalue weighted by Gasteiger charge is 2.48. The molecule has 1 aliphatic heterocycles. The van der Waals surface area contributed by atoms with Gasteiger partial charge in [0.1, 0.15) is 5.82 Å². The number of aliphatic hydroxyl groups is 1. The maximum atomic E-state index is 11.6. The van der Waals surface area contributed by atoms with Gasteiger partial charge in [-0.3, -0.25) is 4.79 Å². The predicted octanol–water partition coefficient (Wildman–Crippen LogP) is 2.49. The van der Waals surface area contributed by atoms with E-state index in [-0.39, 0.29) is 6.54 Å². The van der Waals surface area contributed by atoms with Crippen LogP contribution in [0.3, 0.4) is 0 Å². The van der Waals surface area contributed by atoms with Crippen molar-refractivity contribution in [2.45, 2.75) is 39.2 Å². The van der Waals surface area contributed by atoms with Crippen molar-refractivity contribution in [3.05, 3.63) is 22.8 Å². The molecular weight excluding hydrogens is 292 g/mol. The van der Waals surface area contributed by atoms with E-state index in [0.29, 0.717) is 24.4 Å². The second-order valence-corrected chi connectivity index (χ2v) is 6.07. The molecule has 2 N–H and O–H groups in total. The second kappa shape index (κ2) is 6.20. The molecular formula is C15H21ClN2O3. The lowest BCUT2D eigenvalue weighted by molar-refractivity contribution is -0.159. The molecule has 0 unspecified atom stereocenters. The molecule has 0 bridgehead atoms. The number of carboxylic acid groups (broad SMARTS) is 1. The number of aliphatic hydroxyl groups excluding tert-OH is 1. The van der Waals surface area contributed by atoms with Crippen molar-refractivity contribution in [1.29, 1.82) is 0 Å². The number of piperidine rings is 1. The van der Waals surface area contributed by atoms with Gasteiger partial charge in [-0.1, -0.05) is 24.9 Å². The maximum Gasteiger partial charge on any atom is 0.312 e. The van der Waals surface area contributed by atoms with Gasteiger partial charge in [-0.05, 0) is 31.9 Å². The van der Waals surface area contributed by atoms with Crippen molar-refractivity contribution in [2.24, 2.45) is 5.41 Å². The van der Waals surface area contributed by atoms with Crippen molar-refractivity contribution in [3.63, 3.8) is 0 Å². The van der Waals surface area contributed by atoms with Gasteiger partial charge in [0.2, 0.25) is 0 Å². The Kier molecular flexibility index (Phi) is 4.74. The molecule has 0 amide bonds. The number of aliphatic carboxylic acids is 1. The summed E-state index contributed by atoms with van der Waals surface area (Å²) in [6.45, 7) is 4.61. The summed E-state index contributed by atoms with van der Waals surface area (Å²) in [5.41, 5.74) is -0.306. The van der Waals surface area contributed by atoms with Gasteiger partial charge < -0.3 is 15.1 Å². The molecule has 2 heterocycles. The fraction of sp³-hybridized carbons (Fsp3) is 0.600. The molecule has 0 aromatic carbocycles. The Morgan fingerprint density at radius 1 is 1.57 bits per heavy atom. The minimum atomic E-state index is -1.03. The van der Waals surface area contributed by atoms with Crippen LogP contribution >= 0.6 is 11.6 Å². The molecule has 1 aromatic rings. The zero-order valence-electron chi connectivity index (χ0n) is 12.3. The summed E-state index contributed by atoms with van der Waals surface area (Å²) in [6.07, 6.45) is 0.744. The van der Waals surface area contributed by atoms with Crippen molar-refractivity contribution in [1.82, 2.24) is 4.98 Å². The van der Waals surface area contributed by atoms with Crippen LogP contribution < -0.4 is 4.90 Å². The molecule has 1 aromatic heterocycles. The zero-order valence-corrected chi connectivity index (χ0v) is 13.1. The van der Waals surface area contributed by atoms with Gasteiger partial charge in [-0.25, -0.2) is 4.98 Å². The first-order valence-corrected chi connectivity index (χ1v) is 7.58. The van der Waals surface area contributed by atoms with Gasteiger partial charge in [0.05, 0.1) is 22.2 Å². The first-order valence-electron chi connectivity index (χ1n) is 7.20. The van der Waals surface area contributed by atoms with E-state index in [1.165, 1.54) is 0 Å². The van der Waals surface area contributed by atoms with Crippen molar-refractivity contribution < 1.29 is 15.0 Å². The normalized spacial score (nSPS) is 25.9. The predicted molar refractivity (Wildman–Crippen MR) is 81.8 cm³/mol.